The molecule has 37 heavy (non-hydrogen) atoms. The van der Waals surface area contributed by atoms with Gasteiger partial charge in [0.2, 0.25) is 0 Å². The lowest BCUT2D eigenvalue weighted by Gasteiger charge is -2.31. The molecule has 3 saturated heterocycles. The summed E-state index contributed by atoms with van der Waals surface area (Å²) in [6.45, 7) is 7.38. The molecule has 1 spiro atoms. The standard InChI is InChI=1S/C26H23F3N4O4/c1-16(31-24(34)32-14-25-10-22(36-15-25)12-33(25)17(32)2)35-13-18-6-7-23(19(8-18)11-30)37-21-5-3-4-20(9-21)26(27,28)29/h3-9,22H,2,10,12-15H2,1H3/b31-16+/t22-,25+/m0/s1. The zero-order valence-corrected chi connectivity index (χ0v) is 19.9. The number of hydrogen-bond acceptors (Lipinski definition) is 6. The van der Waals surface area contributed by atoms with E-state index in [9.17, 15) is 23.2 Å². The summed E-state index contributed by atoms with van der Waals surface area (Å²) in [4.78, 5) is 20.5. The van der Waals surface area contributed by atoms with Gasteiger partial charge in [-0.25, -0.2) is 4.79 Å². The molecule has 11 heteroatoms. The minimum absolute atomic E-state index is 0.0215. The summed E-state index contributed by atoms with van der Waals surface area (Å²) in [5.41, 5.74) is -0.354. The molecule has 0 aromatic heterocycles. The van der Waals surface area contributed by atoms with Crippen LogP contribution in [-0.2, 0) is 22.3 Å². The van der Waals surface area contributed by atoms with Crippen molar-refractivity contribution in [2.75, 3.05) is 19.7 Å². The highest BCUT2D eigenvalue weighted by molar-refractivity contribution is 5.90. The first kappa shape index (κ1) is 24.6. The van der Waals surface area contributed by atoms with Gasteiger partial charge in [0.1, 0.15) is 30.0 Å². The SMILES string of the molecule is C=C1N(C(=O)/N=C(\C)OCc2ccc(Oc3cccc(C(F)(F)F)c3)c(C#N)c2)C[C@]23CO[C@H](CN12)C3. The number of urea groups is 1. The fourth-order valence-electron chi connectivity index (χ4n) is 4.92. The van der Waals surface area contributed by atoms with Crippen molar-refractivity contribution in [3.05, 3.63) is 71.6 Å². The Labute approximate surface area is 211 Å². The minimum Gasteiger partial charge on any atom is -0.476 e. The minimum atomic E-state index is -4.51. The third-order valence-corrected chi connectivity index (χ3v) is 6.72. The van der Waals surface area contributed by atoms with E-state index in [0.717, 1.165) is 25.1 Å². The van der Waals surface area contributed by atoms with Crippen LogP contribution in [0.3, 0.4) is 0 Å². The van der Waals surface area contributed by atoms with Crippen LogP contribution in [0.25, 0.3) is 0 Å². The maximum atomic E-state index is 13.0. The molecule has 3 heterocycles. The first-order valence-corrected chi connectivity index (χ1v) is 11.5. The van der Waals surface area contributed by atoms with Crippen molar-refractivity contribution in [1.82, 2.24) is 9.80 Å². The third-order valence-electron chi connectivity index (χ3n) is 6.72. The van der Waals surface area contributed by atoms with Crippen LogP contribution in [-0.4, -0.2) is 53.1 Å². The van der Waals surface area contributed by atoms with Gasteiger partial charge in [-0.3, -0.25) is 4.90 Å². The molecule has 192 valence electrons. The highest BCUT2D eigenvalue weighted by atomic mass is 19.4. The number of halogens is 3. The lowest BCUT2D eigenvalue weighted by atomic mass is 10.0. The van der Waals surface area contributed by atoms with Crippen molar-refractivity contribution in [2.45, 2.75) is 37.8 Å². The third kappa shape index (κ3) is 4.72. The van der Waals surface area contributed by atoms with Crippen LogP contribution in [0.4, 0.5) is 18.0 Å². The molecule has 5 rings (SSSR count). The van der Waals surface area contributed by atoms with Crippen molar-refractivity contribution in [1.29, 1.82) is 5.26 Å². The predicted octanol–water partition coefficient (Wildman–Crippen LogP) is 5.05. The second kappa shape index (κ2) is 9.12. The van der Waals surface area contributed by atoms with Crippen LogP contribution < -0.4 is 4.74 Å². The number of carbonyl (C=O) groups excluding carboxylic acids is 1. The molecular formula is C26H23F3N4O4. The summed E-state index contributed by atoms with van der Waals surface area (Å²) < 4.78 is 55.8. The van der Waals surface area contributed by atoms with Crippen LogP contribution >= 0.6 is 0 Å². The van der Waals surface area contributed by atoms with Gasteiger partial charge in [0.05, 0.1) is 35.9 Å². The Bertz CT molecular complexity index is 1340. The number of nitriles is 1. The normalized spacial score (nSPS) is 22.7. The molecule has 2 amide bonds. The average molecular weight is 512 g/mol. The quantitative estimate of drug-likeness (QED) is 0.421. The second-order valence-electron chi connectivity index (χ2n) is 9.25. The molecule has 3 aliphatic heterocycles. The van der Waals surface area contributed by atoms with Gasteiger partial charge in [-0.15, -0.1) is 0 Å². The first-order chi connectivity index (χ1) is 17.6. The number of amides is 2. The van der Waals surface area contributed by atoms with Crippen molar-refractivity contribution in [3.8, 4) is 17.6 Å². The molecule has 0 unspecified atom stereocenters. The lowest BCUT2D eigenvalue weighted by molar-refractivity contribution is -0.137. The fraction of sp³-hybridized carbons (Fsp3) is 0.346. The van der Waals surface area contributed by atoms with Crippen molar-refractivity contribution < 1.29 is 32.2 Å². The number of rotatable bonds is 4. The Balaban J connectivity index is 1.21. The maximum Gasteiger partial charge on any atom is 0.416 e. The molecule has 2 aromatic rings. The number of morpholine rings is 1. The Morgan fingerprint density at radius 3 is 2.84 bits per heavy atom. The van der Waals surface area contributed by atoms with Crippen LogP contribution in [0, 0.1) is 11.3 Å². The van der Waals surface area contributed by atoms with Gasteiger partial charge in [-0.1, -0.05) is 18.7 Å². The topological polar surface area (TPSA) is 87.4 Å². The summed E-state index contributed by atoms with van der Waals surface area (Å²) in [6.07, 6.45) is -3.46. The highest BCUT2D eigenvalue weighted by Gasteiger charge is 2.58. The molecule has 0 saturated carbocycles. The van der Waals surface area contributed by atoms with Gasteiger partial charge in [-0.05, 0) is 35.9 Å². The summed E-state index contributed by atoms with van der Waals surface area (Å²) in [7, 11) is 0. The highest BCUT2D eigenvalue weighted by Crippen LogP contribution is 2.46. The van der Waals surface area contributed by atoms with E-state index in [1.54, 1.807) is 13.0 Å². The van der Waals surface area contributed by atoms with Crippen LogP contribution in [0.15, 0.2) is 59.9 Å². The van der Waals surface area contributed by atoms with Crippen molar-refractivity contribution in [3.63, 3.8) is 0 Å². The fourth-order valence-corrected chi connectivity index (χ4v) is 4.92. The summed E-state index contributed by atoms with van der Waals surface area (Å²) in [6, 6.07) is 10.5. The summed E-state index contributed by atoms with van der Waals surface area (Å²) in [5, 5.41) is 9.51. The Hall–Kier alpha value is -4.04. The predicted molar refractivity (Wildman–Crippen MR) is 126 cm³/mol. The largest absolute Gasteiger partial charge is 0.476 e. The van der Waals surface area contributed by atoms with Gasteiger partial charge in [0.25, 0.3) is 0 Å². The van der Waals surface area contributed by atoms with Crippen LogP contribution in [0.1, 0.15) is 30.0 Å². The van der Waals surface area contributed by atoms with Gasteiger partial charge in [0.15, 0.2) is 5.90 Å². The van der Waals surface area contributed by atoms with Crippen LogP contribution in [0.2, 0.25) is 0 Å². The Kier molecular flexibility index (Phi) is 6.07. The molecule has 8 nitrogen and oxygen atoms in total. The molecule has 0 aliphatic carbocycles. The van der Waals surface area contributed by atoms with E-state index in [-0.39, 0.29) is 41.2 Å². The Morgan fingerprint density at radius 2 is 2.14 bits per heavy atom. The monoisotopic (exact) mass is 512 g/mol. The molecule has 3 fully saturated rings. The van der Waals surface area contributed by atoms with Gasteiger partial charge in [0, 0.05) is 19.9 Å². The maximum absolute atomic E-state index is 13.0. The summed E-state index contributed by atoms with van der Waals surface area (Å²) >= 11 is 0. The van der Waals surface area contributed by atoms with E-state index < -0.39 is 17.8 Å². The molecule has 0 N–H and O–H groups in total. The molecule has 2 bridgehead atoms. The number of ether oxygens (including phenoxy) is 3. The molecule has 2 aromatic carbocycles. The Morgan fingerprint density at radius 1 is 1.32 bits per heavy atom. The molecule has 3 aliphatic rings. The van der Waals surface area contributed by atoms with E-state index in [1.165, 1.54) is 29.2 Å². The zero-order valence-electron chi connectivity index (χ0n) is 19.9. The summed E-state index contributed by atoms with van der Waals surface area (Å²) in [5.74, 6) is 0.824. The number of fused-ring (bicyclic) bond motifs is 1. The second-order valence-corrected chi connectivity index (χ2v) is 9.25. The van der Waals surface area contributed by atoms with Gasteiger partial charge in [-0.2, -0.15) is 23.4 Å². The molecular weight excluding hydrogens is 489 g/mol. The number of carbonyl (C=O) groups is 1. The van der Waals surface area contributed by atoms with Crippen LogP contribution in [0.5, 0.6) is 11.5 Å². The van der Waals surface area contributed by atoms with Crippen molar-refractivity contribution in [2.24, 2.45) is 4.99 Å². The molecule has 0 radical (unpaired) electrons. The molecule has 2 atom stereocenters. The number of hydrogen-bond donors (Lipinski definition) is 0. The zero-order chi connectivity index (χ0) is 26.4. The lowest BCUT2D eigenvalue weighted by Crippen LogP contribution is -2.44. The van der Waals surface area contributed by atoms with Crippen molar-refractivity contribution >= 4 is 11.9 Å². The van der Waals surface area contributed by atoms with E-state index in [4.69, 9.17) is 14.2 Å². The van der Waals surface area contributed by atoms with E-state index >= 15 is 0 Å². The van der Waals surface area contributed by atoms with E-state index in [1.807, 2.05) is 6.07 Å². The number of aliphatic imine (C=N–C) groups is 1. The van der Waals surface area contributed by atoms with Gasteiger partial charge >= 0.3 is 12.2 Å². The smallest absolute Gasteiger partial charge is 0.416 e. The van der Waals surface area contributed by atoms with Gasteiger partial charge < -0.3 is 19.1 Å². The number of benzene rings is 2. The average Bonchev–Trinajstić information content (AvgIpc) is 3.52. The number of nitrogens with zero attached hydrogens (tertiary/aromatic N) is 4. The number of alkyl halides is 3. The van der Waals surface area contributed by atoms with E-state index in [2.05, 4.69) is 16.5 Å². The van der Waals surface area contributed by atoms with E-state index in [0.29, 0.717) is 24.5 Å². The first-order valence-electron chi connectivity index (χ1n) is 11.5.